The van der Waals surface area contributed by atoms with E-state index in [1.54, 1.807) is 6.92 Å². The third-order valence-electron chi connectivity index (χ3n) is 3.22. The van der Waals surface area contributed by atoms with Crippen LogP contribution >= 0.6 is 11.3 Å². The first-order chi connectivity index (χ1) is 9.02. The number of thiazole rings is 1. The lowest BCUT2D eigenvalue weighted by atomic mass is 9.97. The monoisotopic (exact) mass is 279 g/mol. The van der Waals surface area contributed by atoms with Crippen molar-refractivity contribution in [3.63, 3.8) is 0 Å². The third kappa shape index (κ3) is 2.87. The summed E-state index contributed by atoms with van der Waals surface area (Å²) in [5, 5.41) is 9.92. The summed E-state index contributed by atoms with van der Waals surface area (Å²) in [5.41, 5.74) is 0.896. The fourth-order valence-corrected chi connectivity index (χ4v) is 2.95. The number of carboxylic acids is 1. The molecule has 102 valence electrons. The topological polar surface area (TPSA) is 59.4 Å². The van der Waals surface area contributed by atoms with Crippen LogP contribution in [0.3, 0.4) is 0 Å². The number of fused-ring (bicyclic) bond motifs is 1. The molecule has 2 atom stereocenters. The second-order valence-corrected chi connectivity index (χ2v) is 5.59. The summed E-state index contributed by atoms with van der Waals surface area (Å²) in [6, 6.07) is 5.76. The van der Waals surface area contributed by atoms with Crippen molar-refractivity contribution in [2.45, 2.75) is 26.7 Å². The maximum Gasteiger partial charge on any atom is 0.306 e. The lowest BCUT2D eigenvalue weighted by Crippen LogP contribution is -2.16. The van der Waals surface area contributed by atoms with E-state index in [1.165, 1.54) is 11.3 Å². The Kier molecular flexibility index (Phi) is 4.04. The first kappa shape index (κ1) is 13.8. The molecule has 2 aromatic rings. The number of aromatic nitrogens is 1. The van der Waals surface area contributed by atoms with Gasteiger partial charge in [-0.1, -0.05) is 13.8 Å². The van der Waals surface area contributed by atoms with Gasteiger partial charge in [-0.15, -0.1) is 11.3 Å². The highest BCUT2D eigenvalue weighted by Gasteiger charge is 2.23. The minimum atomic E-state index is -0.790. The summed E-state index contributed by atoms with van der Waals surface area (Å²) in [6.45, 7) is 6.19. The van der Waals surface area contributed by atoms with Crippen molar-refractivity contribution in [3.8, 4) is 5.75 Å². The summed E-state index contributed by atoms with van der Waals surface area (Å²) >= 11 is 1.54. The zero-order chi connectivity index (χ0) is 14.0. The van der Waals surface area contributed by atoms with Crippen LogP contribution in [0.15, 0.2) is 18.2 Å². The second-order valence-electron chi connectivity index (χ2n) is 4.53. The van der Waals surface area contributed by atoms with Crippen molar-refractivity contribution in [3.05, 3.63) is 23.2 Å². The fraction of sp³-hybridized carbons (Fsp3) is 0.429. The number of aliphatic carboxylic acids is 1. The molecule has 5 heteroatoms. The van der Waals surface area contributed by atoms with E-state index < -0.39 is 11.9 Å². The molecule has 0 radical (unpaired) electrons. The number of ether oxygens (including phenoxy) is 1. The highest BCUT2D eigenvalue weighted by molar-refractivity contribution is 7.18. The molecule has 4 nitrogen and oxygen atoms in total. The molecule has 0 saturated carbocycles. The standard InChI is InChI=1S/C14H17NO3S/c1-4-18-10-5-6-11-12(7-10)19-13(15-11)8(2)9(3)14(16)17/h5-9H,4H2,1-3H3,(H,16,17). The van der Waals surface area contributed by atoms with Gasteiger partial charge in [0.25, 0.3) is 0 Å². The van der Waals surface area contributed by atoms with E-state index in [-0.39, 0.29) is 5.92 Å². The van der Waals surface area contributed by atoms with Gasteiger partial charge >= 0.3 is 5.97 Å². The molecule has 0 fully saturated rings. The first-order valence-electron chi connectivity index (χ1n) is 6.29. The molecule has 1 aromatic carbocycles. The largest absolute Gasteiger partial charge is 0.494 e. The second kappa shape index (κ2) is 5.57. The van der Waals surface area contributed by atoms with Gasteiger partial charge in [-0.2, -0.15) is 0 Å². The average Bonchev–Trinajstić information content (AvgIpc) is 2.80. The molecule has 2 rings (SSSR count). The average molecular weight is 279 g/mol. The van der Waals surface area contributed by atoms with Crippen LogP contribution in [0.4, 0.5) is 0 Å². The van der Waals surface area contributed by atoms with E-state index in [1.807, 2.05) is 32.0 Å². The molecule has 0 amide bonds. The van der Waals surface area contributed by atoms with Gasteiger partial charge in [-0.05, 0) is 25.1 Å². The number of carboxylic acid groups (broad SMARTS) is 1. The summed E-state index contributed by atoms with van der Waals surface area (Å²) in [4.78, 5) is 15.5. The van der Waals surface area contributed by atoms with E-state index in [4.69, 9.17) is 9.84 Å². The highest BCUT2D eigenvalue weighted by atomic mass is 32.1. The zero-order valence-electron chi connectivity index (χ0n) is 11.2. The highest BCUT2D eigenvalue weighted by Crippen LogP contribution is 2.33. The predicted molar refractivity (Wildman–Crippen MR) is 76.0 cm³/mol. The van der Waals surface area contributed by atoms with Gasteiger partial charge in [0.05, 0.1) is 27.7 Å². The Morgan fingerprint density at radius 3 is 2.84 bits per heavy atom. The molecule has 1 aromatic heterocycles. The van der Waals surface area contributed by atoms with Crippen molar-refractivity contribution in [2.75, 3.05) is 6.61 Å². The Morgan fingerprint density at radius 2 is 2.21 bits per heavy atom. The molecule has 0 spiro atoms. The van der Waals surface area contributed by atoms with Crippen molar-refractivity contribution >= 4 is 27.5 Å². The van der Waals surface area contributed by atoms with Crippen LogP contribution in [-0.4, -0.2) is 22.7 Å². The molecule has 19 heavy (non-hydrogen) atoms. The van der Waals surface area contributed by atoms with Gasteiger partial charge in [0.2, 0.25) is 0 Å². The van der Waals surface area contributed by atoms with Gasteiger partial charge in [0.15, 0.2) is 0 Å². The van der Waals surface area contributed by atoms with E-state index in [9.17, 15) is 4.79 Å². The summed E-state index contributed by atoms with van der Waals surface area (Å²) in [5.74, 6) is -0.497. The van der Waals surface area contributed by atoms with Crippen LogP contribution in [-0.2, 0) is 4.79 Å². The number of rotatable bonds is 5. The SMILES string of the molecule is CCOc1ccc2nc(C(C)C(C)C(=O)O)sc2c1. The minimum Gasteiger partial charge on any atom is -0.494 e. The first-order valence-corrected chi connectivity index (χ1v) is 7.10. The van der Waals surface area contributed by atoms with Gasteiger partial charge in [-0.25, -0.2) is 4.98 Å². The smallest absolute Gasteiger partial charge is 0.306 e. The summed E-state index contributed by atoms with van der Waals surface area (Å²) in [7, 11) is 0. The molecule has 0 saturated heterocycles. The Bertz CT molecular complexity index is 593. The van der Waals surface area contributed by atoms with Crippen LogP contribution in [0.25, 0.3) is 10.2 Å². The lowest BCUT2D eigenvalue weighted by Gasteiger charge is -2.12. The Hall–Kier alpha value is -1.62. The van der Waals surface area contributed by atoms with E-state index in [2.05, 4.69) is 4.98 Å². The van der Waals surface area contributed by atoms with Crippen LogP contribution in [0.2, 0.25) is 0 Å². The molecule has 0 bridgehead atoms. The van der Waals surface area contributed by atoms with E-state index >= 15 is 0 Å². The number of carbonyl (C=O) groups is 1. The third-order valence-corrected chi connectivity index (χ3v) is 4.44. The van der Waals surface area contributed by atoms with Gasteiger partial charge in [-0.3, -0.25) is 4.79 Å². The number of hydrogen-bond donors (Lipinski definition) is 1. The molecule has 1 N–H and O–H groups in total. The van der Waals surface area contributed by atoms with Crippen molar-refractivity contribution in [1.82, 2.24) is 4.98 Å². The molecule has 0 aliphatic rings. The van der Waals surface area contributed by atoms with E-state index in [0.29, 0.717) is 6.61 Å². The molecule has 0 aliphatic carbocycles. The Balaban J connectivity index is 2.33. The van der Waals surface area contributed by atoms with Crippen molar-refractivity contribution in [2.24, 2.45) is 5.92 Å². The summed E-state index contributed by atoms with van der Waals surface area (Å²) < 4.78 is 6.49. The number of nitrogens with zero attached hydrogens (tertiary/aromatic N) is 1. The maximum atomic E-state index is 11.0. The Labute approximate surface area is 116 Å². The predicted octanol–water partition coefficient (Wildman–Crippen LogP) is 3.52. The molecule has 1 heterocycles. The van der Waals surface area contributed by atoms with Crippen LogP contribution in [0, 0.1) is 5.92 Å². The van der Waals surface area contributed by atoms with Gasteiger partial charge < -0.3 is 9.84 Å². The number of hydrogen-bond acceptors (Lipinski definition) is 4. The molecule has 0 aliphatic heterocycles. The van der Waals surface area contributed by atoms with Gasteiger partial charge in [0.1, 0.15) is 5.75 Å². The maximum absolute atomic E-state index is 11.0. The number of benzene rings is 1. The molecular formula is C14H17NO3S. The van der Waals surface area contributed by atoms with Crippen molar-refractivity contribution < 1.29 is 14.6 Å². The quantitative estimate of drug-likeness (QED) is 0.909. The van der Waals surface area contributed by atoms with Gasteiger partial charge in [0, 0.05) is 5.92 Å². The fourth-order valence-electron chi connectivity index (χ4n) is 1.80. The zero-order valence-corrected chi connectivity index (χ0v) is 12.0. The van der Waals surface area contributed by atoms with E-state index in [0.717, 1.165) is 21.0 Å². The van der Waals surface area contributed by atoms with Crippen LogP contribution in [0.5, 0.6) is 5.75 Å². The van der Waals surface area contributed by atoms with Crippen molar-refractivity contribution in [1.29, 1.82) is 0 Å². The van der Waals surface area contributed by atoms with Crippen LogP contribution < -0.4 is 4.74 Å². The summed E-state index contributed by atoms with van der Waals surface area (Å²) in [6.07, 6.45) is 0. The normalized spacial score (nSPS) is 14.3. The molecular weight excluding hydrogens is 262 g/mol. The molecule has 2 unspecified atom stereocenters. The lowest BCUT2D eigenvalue weighted by molar-refractivity contribution is -0.141. The minimum absolute atomic E-state index is 0.0922. The van der Waals surface area contributed by atoms with Crippen LogP contribution in [0.1, 0.15) is 31.7 Å². The Morgan fingerprint density at radius 1 is 1.47 bits per heavy atom.